The summed E-state index contributed by atoms with van der Waals surface area (Å²) in [5.41, 5.74) is 14.9. The molecule has 0 aromatic heterocycles. The molecule has 8 heteroatoms. The van der Waals surface area contributed by atoms with Gasteiger partial charge in [0.25, 0.3) is 5.91 Å². The molecule has 1 heterocycles. The Hall–Kier alpha value is -3.20. The zero-order chi connectivity index (χ0) is 22.5. The van der Waals surface area contributed by atoms with Crippen LogP contribution in [0.2, 0.25) is 0 Å². The van der Waals surface area contributed by atoms with Crippen molar-refractivity contribution < 1.29 is 18.3 Å². The van der Waals surface area contributed by atoms with Crippen molar-refractivity contribution in [1.82, 2.24) is 4.90 Å². The van der Waals surface area contributed by atoms with Crippen LogP contribution in [0.3, 0.4) is 0 Å². The largest absolute Gasteiger partial charge is 0.398 e. The first kappa shape index (κ1) is 21.0. The third-order valence-electron chi connectivity index (χ3n) is 5.56. The van der Waals surface area contributed by atoms with Gasteiger partial charge in [-0.3, -0.25) is 4.79 Å². The van der Waals surface area contributed by atoms with Gasteiger partial charge in [-0.15, -0.1) is 0 Å². The summed E-state index contributed by atoms with van der Waals surface area (Å²) in [5.74, 6) is -0.143. The molecule has 4 rings (SSSR count). The molecular formula is C23H23N3O4S. The molecule has 0 bridgehead atoms. The highest BCUT2D eigenvalue weighted by Gasteiger charge is 2.29. The van der Waals surface area contributed by atoms with Gasteiger partial charge in [-0.05, 0) is 57.3 Å². The number of fused-ring (bicyclic) bond motifs is 3. The minimum atomic E-state index is -3.46. The topological polar surface area (TPSA) is 127 Å². The molecule has 3 aromatic rings. The summed E-state index contributed by atoms with van der Waals surface area (Å²) in [6.45, 7) is 4.28. The minimum absolute atomic E-state index is 0.0867. The predicted octanol–water partition coefficient (Wildman–Crippen LogP) is 2.28. The fourth-order valence-electron chi connectivity index (χ4n) is 3.87. The Balaban J connectivity index is 1.79. The van der Waals surface area contributed by atoms with Crippen LogP contribution in [0, 0.1) is 0 Å². The second-order valence-corrected chi connectivity index (χ2v) is 9.80. The fourth-order valence-corrected chi connectivity index (χ4v) is 4.70. The number of rotatable bonds is 5. The van der Waals surface area contributed by atoms with Gasteiger partial charge in [-0.1, -0.05) is 30.8 Å². The molecule has 1 atom stereocenters. The molecule has 160 valence electrons. The van der Waals surface area contributed by atoms with Crippen LogP contribution in [0.15, 0.2) is 65.6 Å². The lowest BCUT2D eigenvalue weighted by atomic mass is 9.96. The number of aliphatic hydroxyl groups is 1. The molecule has 5 N–H and O–H groups in total. The van der Waals surface area contributed by atoms with Crippen molar-refractivity contribution in [3.63, 3.8) is 0 Å². The van der Waals surface area contributed by atoms with E-state index in [1.807, 2.05) is 24.3 Å². The summed E-state index contributed by atoms with van der Waals surface area (Å²) in [4.78, 5) is 14.5. The van der Waals surface area contributed by atoms with Gasteiger partial charge in [0.1, 0.15) is 6.23 Å². The van der Waals surface area contributed by atoms with E-state index in [-0.39, 0.29) is 23.0 Å². The quantitative estimate of drug-likeness (QED) is 0.319. The highest BCUT2D eigenvalue weighted by Crippen LogP contribution is 2.34. The summed E-state index contributed by atoms with van der Waals surface area (Å²) in [6, 6.07) is 14.4. The first-order valence-electron chi connectivity index (χ1n) is 9.62. The number of hydrogen-bond acceptors (Lipinski definition) is 6. The van der Waals surface area contributed by atoms with Crippen molar-refractivity contribution in [2.24, 2.45) is 5.73 Å². The van der Waals surface area contributed by atoms with E-state index in [0.29, 0.717) is 17.7 Å². The van der Waals surface area contributed by atoms with Crippen LogP contribution in [0.25, 0.3) is 21.9 Å². The van der Waals surface area contributed by atoms with Crippen LogP contribution in [0.5, 0.6) is 0 Å². The van der Waals surface area contributed by atoms with Crippen molar-refractivity contribution in [3.8, 4) is 11.1 Å². The zero-order valence-corrected chi connectivity index (χ0v) is 17.8. The van der Waals surface area contributed by atoms with Crippen molar-refractivity contribution in [2.75, 3.05) is 18.5 Å². The lowest BCUT2D eigenvalue weighted by Gasteiger charge is -2.18. The van der Waals surface area contributed by atoms with Crippen LogP contribution in [-0.4, -0.2) is 43.4 Å². The summed E-state index contributed by atoms with van der Waals surface area (Å²) in [6.07, 6.45) is -0.0587. The van der Waals surface area contributed by atoms with Gasteiger partial charge in [0.05, 0.1) is 10.6 Å². The van der Waals surface area contributed by atoms with Gasteiger partial charge in [0.2, 0.25) is 0 Å². The SMILES string of the molecule is C=C(CN1Cc2c(ccc3ccc(-c4ccc(N)c(S(C)(=O)=O)c4)cc23)C1=O)C(N)O. The molecule has 0 saturated carbocycles. The molecule has 1 aliphatic heterocycles. The van der Waals surface area contributed by atoms with E-state index in [0.717, 1.165) is 33.7 Å². The van der Waals surface area contributed by atoms with Gasteiger partial charge in [-0.25, -0.2) is 8.42 Å². The van der Waals surface area contributed by atoms with Crippen LogP contribution >= 0.6 is 0 Å². The number of nitrogens with two attached hydrogens (primary N) is 2. The highest BCUT2D eigenvalue weighted by atomic mass is 32.2. The second kappa shape index (κ2) is 7.49. The normalized spacial score (nSPS) is 14.7. The van der Waals surface area contributed by atoms with Crippen molar-refractivity contribution in [1.29, 1.82) is 0 Å². The maximum absolute atomic E-state index is 12.8. The lowest BCUT2D eigenvalue weighted by molar-refractivity contribution is 0.0782. The number of nitrogen functional groups attached to an aromatic ring is 1. The van der Waals surface area contributed by atoms with Crippen LogP contribution in [-0.2, 0) is 16.4 Å². The van der Waals surface area contributed by atoms with E-state index in [9.17, 15) is 18.3 Å². The maximum atomic E-state index is 12.8. The molecule has 0 spiro atoms. The molecule has 1 unspecified atom stereocenters. The zero-order valence-electron chi connectivity index (χ0n) is 17.0. The monoisotopic (exact) mass is 437 g/mol. The van der Waals surface area contributed by atoms with E-state index in [1.54, 1.807) is 29.2 Å². The Morgan fingerprint density at radius 1 is 1.16 bits per heavy atom. The van der Waals surface area contributed by atoms with E-state index >= 15 is 0 Å². The second-order valence-electron chi connectivity index (χ2n) is 7.82. The fraction of sp³-hybridized carbons (Fsp3) is 0.174. The molecule has 7 nitrogen and oxygen atoms in total. The van der Waals surface area contributed by atoms with Crippen LogP contribution < -0.4 is 11.5 Å². The number of carbonyl (C=O) groups excluding carboxylic acids is 1. The minimum Gasteiger partial charge on any atom is -0.398 e. The summed E-state index contributed by atoms with van der Waals surface area (Å²) >= 11 is 0. The first-order chi connectivity index (χ1) is 14.6. The third kappa shape index (κ3) is 3.81. The Morgan fingerprint density at radius 2 is 1.81 bits per heavy atom. The molecule has 0 fully saturated rings. The molecular weight excluding hydrogens is 414 g/mol. The summed E-state index contributed by atoms with van der Waals surface area (Å²) < 4.78 is 24.1. The first-order valence-corrected chi connectivity index (χ1v) is 11.5. The third-order valence-corrected chi connectivity index (χ3v) is 6.71. The van der Waals surface area contributed by atoms with Gasteiger partial charge >= 0.3 is 0 Å². The predicted molar refractivity (Wildman–Crippen MR) is 121 cm³/mol. The van der Waals surface area contributed by atoms with E-state index < -0.39 is 16.1 Å². The molecule has 3 aromatic carbocycles. The Kier molecular flexibility index (Phi) is 5.09. The van der Waals surface area contributed by atoms with Gasteiger partial charge in [0, 0.05) is 24.9 Å². The van der Waals surface area contributed by atoms with Crippen molar-refractivity contribution >= 4 is 32.2 Å². The van der Waals surface area contributed by atoms with Gasteiger partial charge in [-0.2, -0.15) is 0 Å². The Bertz CT molecular complexity index is 1350. The van der Waals surface area contributed by atoms with Crippen molar-refractivity contribution in [2.45, 2.75) is 17.7 Å². The standard InChI is InChI=1S/C23H23N3O4S/c1-13(22(25)27)11-26-12-19-17(23(26)28)7-5-14-3-4-15(9-18(14)19)16-6-8-20(24)21(10-16)31(2,29)30/h3-10,22,27H,1,11-12,24-25H2,2H3. The maximum Gasteiger partial charge on any atom is 0.254 e. The summed E-state index contributed by atoms with van der Waals surface area (Å²) in [7, 11) is -3.46. The van der Waals surface area contributed by atoms with E-state index in [4.69, 9.17) is 11.5 Å². The Labute approximate surface area is 180 Å². The Morgan fingerprint density at radius 3 is 2.48 bits per heavy atom. The number of carbonyl (C=O) groups is 1. The molecule has 31 heavy (non-hydrogen) atoms. The van der Waals surface area contributed by atoms with Crippen molar-refractivity contribution in [3.05, 3.63) is 71.8 Å². The number of amides is 1. The molecule has 0 saturated heterocycles. The molecule has 1 aliphatic rings. The van der Waals surface area contributed by atoms with E-state index in [1.165, 1.54) is 0 Å². The number of benzene rings is 3. The smallest absolute Gasteiger partial charge is 0.254 e. The lowest BCUT2D eigenvalue weighted by Crippen LogP contribution is -2.32. The average Bonchev–Trinajstić information content (AvgIpc) is 3.03. The highest BCUT2D eigenvalue weighted by molar-refractivity contribution is 7.90. The molecule has 0 aliphatic carbocycles. The molecule has 1 amide bonds. The molecule has 0 radical (unpaired) electrons. The number of sulfone groups is 1. The average molecular weight is 438 g/mol. The van der Waals surface area contributed by atoms with Crippen LogP contribution in [0.4, 0.5) is 5.69 Å². The number of anilines is 1. The van der Waals surface area contributed by atoms with Crippen LogP contribution in [0.1, 0.15) is 15.9 Å². The number of nitrogens with zero attached hydrogens (tertiary/aromatic N) is 1. The van der Waals surface area contributed by atoms with Gasteiger partial charge < -0.3 is 21.5 Å². The number of aliphatic hydroxyl groups excluding tert-OH is 1. The number of hydrogen-bond donors (Lipinski definition) is 3. The summed E-state index contributed by atoms with van der Waals surface area (Å²) in [5, 5.41) is 11.4. The van der Waals surface area contributed by atoms with E-state index in [2.05, 4.69) is 6.58 Å². The van der Waals surface area contributed by atoms with Gasteiger partial charge in [0.15, 0.2) is 9.84 Å².